The summed E-state index contributed by atoms with van der Waals surface area (Å²) in [7, 11) is 1.83. The number of guanidine groups is 1. The van der Waals surface area contributed by atoms with Crippen molar-refractivity contribution in [1.82, 2.24) is 31.5 Å². The zero-order valence-electron chi connectivity index (χ0n) is 37.0. The molecule has 0 bridgehead atoms. The number of carbonyl (C=O) groups excluding carboxylic acids is 5. The number of aliphatic imine (C=N–C) groups is 1. The molecule has 0 radical (unpaired) electrons. The summed E-state index contributed by atoms with van der Waals surface area (Å²) in [5.41, 5.74) is 10.7. The monoisotopic (exact) mass is 901 g/mol. The number of aromatic hydroxyl groups is 1. The SMILES string of the molecule is CNCCC[C@H](C)C(=O)N[C@@H](CCCN=C(N)N)C(=O)N1CCC[C@H]1C(=O)N[C@@H](Cc1ccc(O)cc1)C(=O)N[C@H](C(=O)N[C@@H](CC(C)C)C(=O)O)C(C)(C)C.O=C(O)C(F)(F)F. The molecule has 0 aromatic heterocycles. The van der Waals surface area contributed by atoms with Gasteiger partial charge in [0.05, 0.1) is 0 Å². The van der Waals surface area contributed by atoms with Gasteiger partial charge >= 0.3 is 18.1 Å². The lowest BCUT2D eigenvalue weighted by Gasteiger charge is -2.33. The van der Waals surface area contributed by atoms with Gasteiger partial charge in [0.15, 0.2) is 5.96 Å². The van der Waals surface area contributed by atoms with E-state index >= 15 is 0 Å². The van der Waals surface area contributed by atoms with Gasteiger partial charge in [0.1, 0.15) is 36.0 Å². The normalized spacial score (nSPS) is 16.2. The van der Waals surface area contributed by atoms with Crippen LogP contribution in [0.2, 0.25) is 0 Å². The predicted molar refractivity (Wildman–Crippen MR) is 227 cm³/mol. The number of alkyl halides is 3. The van der Waals surface area contributed by atoms with Gasteiger partial charge in [-0.05, 0) is 87.6 Å². The van der Waals surface area contributed by atoms with Gasteiger partial charge < -0.3 is 58.3 Å². The van der Waals surface area contributed by atoms with E-state index in [9.17, 15) is 52.2 Å². The molecule has 2 rings (SSSR count). The van der Waals surface area contributed by atoms with Crippen LogP contribution in [-0.2, 0) is 40.0 Å². The molecule has 19 nitrogen and oxygen atoms in total. The van der Waals surface area contributed by atoms with Crippen molar-refractivity contribution in [3.8, 4) is 5.75 Å². The number of phenolic OH excluding ortho intramolecular Hbond substituents is 1. The summed E-state index contributed by atoms with van der Waals surface area (Å²) in [6.07, 6.45) is -2.15. The third-order valence-corrected chi connectivity index (χ3v) is 9.90. The summed E-state index contributed by atoms with van der Waals surface area (Å²) in [4.78, 5) is 95.3. The van der Waals surface area contributed by atoms with Crippen molar-refractivity contribution >= 4 is 47.4 Å². The van der Waals surface area contributed by atoms with Gasteiger partial charge in [-0.25, -0.2) is 9.59 Å². The second-order valence-corrected chi connectivity index (χ2v) is 16.9. The van der Waals surface area contributed by atoms with Gasteiger partial charge in [-0.3, -0.25) is 29.0 Å². The van der Waals surface area contributed by atoms with Crippen molar-refractivity contribution < 1.29 is 62.1 Å². The first-order valence-corrected chi connectivity index (χ1v) is 20.7. The minimum atomic E-state index is -5.08. The quantitative estimate of drug-likeness (QED) is 0.0447. The number of nitrogens with two attached hydrogens (primary N) is 2. The Morgan fingerprint density at radius 2 is 1.43 bits per heavy atom. The molecule has 22 heteroatoms. The number of benzene rings is 1. The first-order chi connectivity index (χ1) is 29.2. The smallest absolute Gasteiger partial charge is 0.490 e. The van der Waals surface area contributed by atoms with Crippen LogP contribution in [0.25, 0.3) is 0 Å². The van der Waals surface area contributed by atoms with Crippen molar-refractivity contribution in [3.63, 3.8) is 0 Å². The zero-order chi connectivity index (χ0) is 48.2. The average Bonchev–Trinajstić information content (AvgIpc) is 3.67. The highest BCUT2D eigenvalue weighted by atomic mass is 19.4. The maximum absolute atomic E-state index is 14.1. The van der Waals surface area contributed by atoms with Crippen molar-refractivity contribution in [2.75, 3.05) is 26.7 Å². The average molecular weight is 902 g/mol. The molecular weight excluding hydrogens is 835 g/mol. The molecule has 0 spiro atoms. The van der Waals surface area contributed by atoms with E-state index in [1.165, 1.54) is 17.0 Å². The van der Waals surface area contributed by atoms with E-state index in [4.69, 9.17) is 21.4 Å². The lowest BCUT2D eigenvalue weighted by atomic mass is 9.85. The fraction of sp³-hybridized carbons (Fsp3) is 0.659. The Labute approximate surface area is 365 Å². The number of nitrogens with zero attached hydrogens (tertiary/aromatic N) is 2. The Bertz CT molecular complexity index is 1720. The summed E-state index contributed by atoms with van der Waals surface area (Å²) in [5.74, 6) is -7.16. The third-order valence-electron chi connectivity index (χ3n) is 9.90. The van der Waals surface area contributed by atoms with E-state index < -0.39 is 77.4 Å². The molecule has 1 fully saturated rings. The van der Waals surface area contributed by atoms with Gasteiger partial charge in [0, 0.05) is 25.4 Å². The van der Waals surface area contributed by atoms with Crippen molar-refractivity contribution in [2.24, 2.45) is 33.7 Å². The van der Waals surface area contributed by atoms with Crippen LogP contribution in [0, 0.1) is 17.3 Å². The molecule has 63 heavy (non-hydrogen) atoms. The molecule has 6 atom stereocenters. The number of rotatable bonds is 22. The largest absolute Gasteiger partial charge is 0.508 e. The van der Waals surface area contributed by atoms with Gasteiger partial charge in [-0.2, -0.15) is 13.2 Å². The molecule has 356 valence electrons. The van der Waals surface area contributed by atoms with Crippen molar-refractivity contribution in [2.45, 2.75) is 129 Å². The highest BCUT2D eigenvalue weighted by molar-refractivity contribution is 5.96. The minimum Gasteiger partial charge on any atom is -0.508 e. The number of phenols is 1. The minimum absolute atomic E-state index is 0.00468. The summed E-state index contributed by atoms with van der Waals surface area (Å²) in [5, 5.41) is 40.8. The van der Waals surface area contributed by atoms with Crippen LogP contribution in [0.1, 0.15) is 92.1 Å². The molecule has 1 aromatic rings. The van der Waals surface area contributed by atoms with E-state index in [2.05, 4.69) is 31.6 Å². The Balaban J connectivity index is 0.00000260. The lowest BCUT2D eigenvalue weighted by molar-refractivity contribution is -0.192. The third kappa shape index (κ3) is 20.4. The van der Waals surface area contributed by atoms with Crippen LogP contribution in [0.5, 0.6) is 5.75 Å². The Morgan fingerprint density at radius 3 is 1.94 bits per heavy atom. The molecule has 1 saturated heterocycles. The van der Waals surface area contributed by atoms with Crippen LogP contribution >= 0.6 is 0 Å². The van der Waals surface area contributed by atoms with E-state index in [0.29, 0.717) is 31.2 Å². The molecule has 0 aliphatic carbocycles. The number of hydrogen-bond donors (Lipinski definition) is 10. The van der Waals surface area contributed by atoms with Gasteiger partial charge in [-0.15, -0.1) is 0 Å². The molecule has 1 aromatic carbocycles. The summed E-state index contributed by atoms with van der Waals surface area (Å²) < 4.78 is 31.7. The van der Waals surface area contributed by atoms with E-state index in [1.807, 2.05) is 20.9 Å². The summed E-state index contributed by atoms with van der Waals surface area (Å²) >= 11 is 0. The molecule has 0 unspecified atom stereocenters. The van der Waals surface area contributed by atoms with Crippen LogP contribution in [-0.4, -0.2) is 131 Å². The fourth-order valence-corrected chi connectivity index (χ4v) is 6.51. The fourth-order valence-electron chi connectivity index (χ4n) is 6.51. The van der Waals surface area contributed by atoms with E-state index in [0.717, 1.165) is 13.0 Å². The second-order valence-electron chi connectivity index (χ2n) is 16.9. The Kier molecular flexibility index (Phi) is 22.9. The number of carbonyl (C=O) groups is 7. The van der Waals surface area contributed by atoms with Gasteiger partial charge in [-0.1, -0.05) is 53.7 Å². The summed E-state index contributed by atoms with van der Waals surface area (Å²) in [6, 6.07) is 0.571. The maximum Gasteiger partial charge on any atom is 0.490 e. The van der Waals surface area contributed by atoms with Crippen LogP contribution in [0.3, 0.4) is 0 Å². The highest BCUT2D eigenvalue weighted by Gasteiger charge is 2.41. The topological polar surface area (TPSA) is 308 Å². The summed E-state index contributed by atoms with van der Waals surface area (Å²) in [6.45, 7) is 11.9. The Morgan fingerprint density at radius 1 is 0.841 bits per heavy atom. The molecule has 1 aliphatic heterocycles. The van der Waals surface area contributed by atoms with Gasteiger partial charge in [0.25, 0.3) is 0 Å². The first kappa shape index (κ1) is 55.3. The molecule has 1 aliphatic rings. The van der Waals surface area contributed by atoms with Crippen LogP contribution < -0.4 is 38.1 Å². The molecule has 12 N–H and O–H groups in total. The molecule has 0 saturated carbocycles. The van der Waals surface area contributed by atoms with E-state index in [-0.39, 0.29) is 61.8 Å². The Hall–Kier alpha value is -5.67. The maximum atomic E-state index is 14.1. The number of likely N-dealkylation sites (tertiary alicyclic amines) is 1. The van der Waals surface area contributed by atoms with Gasteiger partial charge in [0.2, 0.25) is 29.5 Å². The number of nitrogens with one attached hydrogen (secondary N) is 5. The molecule has 1 heterocycles. The van der Waals surface area contributed by atoms with Crippen LogP contribution in [0.15, 0.2) is 29.3 Å². The molecule has 5 amide bonds. The lowest BCUT2D eigenvalue weighted by Crippen LogP contribution is -2.61. The number of carboxylic acids is 2. The van der Waals surface area contributed by atoms with Crippen molar-refractivity contribution in [1.29, 1.82) is 0 Å². The number of carboxylic acid groups (broad SMARTS) is 2. The molecular formula is C41H66F3N9O10. The number of aliphatic carboxylic acids is 2. The number of amides is 5. The number of halogens is 3. The first-order valence-electron chi connectivity index (χ1n) is 20.7. The van der Waals surface area contributed by atoms with E-state index in [1.54, 1.807) is 39.8 Å². The number of hydrogen-bond acceptors (Lipinski definition) is 10. The predicted octanol–water partition coefficient (Wildman–Crippen LogP) is 1.36. The standard InChI is InChI=1S/C39H65N9O8.C2HF3O2/c1-23(2)21-29(37(55)56)46-35(53)31(39(4,5)6)47-33(51)28(22-25-14-16-26(49)17-15-25)45-34(52)30-13-10-20-48(30)36(54)27(12-9-19-43-38(40)41)44-32(50)24(3)11-8-18-42-7;3-2(4,5)1(6)7/h14-17,23-24,27-31,42,49H,8-13,18-22H2,1-7H3,(H,44,50)(H,45,52)(H,46,53)(H,47,51)(H,55,56)(H4,40,41,43);(H,6,7)/t24-,27-,28-,29-,30-,31+;/m0./s1. The highest BCUT2D eigenvalue weighted by Crippen LogP contribution is 2.23. The van der Waals surface area contributed by atoms with Crippen molar-refractivity contribution in [3.05, 3.63) is 29.8 Å². The zero-order valence-corrected chi connectivity index (χ0v) is 37.0. The van der Waals surface area contributed by atoms with Crippen LogP contribution in [0.4, 0.5) is 13.2 Å². The second kappa shape index (κ2) is 26.1.